The van der Waals surface area contributed by atoms with Gasteiger partial charge in [-0.3, -0.25) is 4.98 Å². The molecule has 0 saturated carbocycles. The molecule has 4 rings (SSSR count). The van der Waals surface area contributed by atoms with Gasteiger partial charge in [-0.1, -0.05) is 0 Å². The summed E-state index contributed by atoms with van der Waals surface area (Å²) in [7, 11) is 0. The number of hydrogen-bond acceptors (Lipinski definition) is 3. The van der Waals surface area contributed by atoms with Crippen LogP contribution < -0.4 is 0 Å². The van der Waals surface area contributed by atoms with Crippen molar-refractivity contribution < 1.29 is 4.74 Å². The molecule has 2 fully saturated rings. The lowest BCUT2D eigenvalue weighted by Gasteiger charge is -2.23. The Kier molecular flexibility index (Phi) is 2.74. The molecule has 2 aliphatic rings. The molecule has 4 heterocycles. The lowest BCUT2D eigenvalue weighted by Crippen LogP contribution is -2.22. The number of hydrogen-bond donors (Lipinski definition) is 0. The van der Waals surface area contributed by atoms with Gasteiger partial charge in [-0.15, -0.1) is 11.6 Å². The molecule has 4 nitrogen and oxygen atoms in total. The van der Waals surface area contributed by atoms with Gasteiger partial charge in [-0.2, -0.15) is 0 Å². The van der Waals surface area contributed by atoms with E-state index in [1.54, 1.807) is 0 Å². The highest BCUT2D eigenvalue weighted by atomic mass is 35.5. The van der Waals surface area contributed by atoms with Crippen molar-refractivity contribution in [2.24, 2.45) is 0 Å². The van der Waals surface area contributed by atoms with Gasteiger partial charge in [0.15, 0.2) is 0 Å². The van der Waals surface area contributed by atoms with Crippen LogP contribution in [0.25, 0.3) is 11.0 Å². The van der Waals surface area contributed by atoms with Gasteiger partial charge in [-0.05, 0) is 25.3 Å². The number of nitrogens with zero attached hydrogens (tertiary/aromatic N) is 3. The molecule has 0 radical (unpaired) electrons. The molecule has 100 valence electrons. The van der Waals surface area contributed by atoms with Gasteiger partial charge in [-0.25, -0.2) is 4.98 Å². The number of ether oxygens (including phenoxy) is 1. The summed E-state index contributed by atoms with van der Waals surface area (Å²) in [5.74, 6) is 1.66. The van der Waals surface area contributed by atoms with Crippen molar-refractivity contribution in [2.75, 3.05) is 5.88 Å². The normalized spacial score (nSPS) is 29.4. The minimum atomic E-state index is 0.352. The van der Waals surface area contributed by atoms with E-state index in [1.165, 1.54) is 12.8 Å². The smallest absolute Gasteiger partial charge is 0.111 e. The minimum Gasteiger partial charge on any atom is -0.373 e. The standard InChI is InChI=1S/C14H16ClN3O/c15-5-3-14-17-10-8-16-6-4-11(10)18(14)12-7-9-1-2-13(12)19-9/h4,6,8-9,12-13H,1-3,5,7H2. The Labute approximate surface area is 116 Å². The largest absolute Gasteiger partial charge is 0.373 e. The third-order valence-electron chi connectivity index (χ3n) is 4.29. The van der Waals surface area contributed by atoms with Crippen LogP contribution in [0.1, 0.15) is 31.1 Å². The number of rotatable bonds is 3. The lowest BCUT2D eigenvalue weighted by molar-refractivity contribution is 0.0940. The number of aromatic nitrogens is 3. The highest BCUT2D eigenvalue weighted by Crippen LogP contribution is 2.43. The summed E-state index contributed by atoms with van der Waals surface area (Å²) in [5, 5.41) is 0. The molecule has 0 aromatic carbocycles. The van der Waals surface area contributed by atoms with Gasteiger partial charge < -0.3 is 9.30 Å². The van der Waals surface area contributed by atoms with Gasteiger partial charge >= 0.3 is 0 Å². The Morgan fingerprint density at radius 1 is 1.42 bits per heavy atom. The van der Waals surface area contributed by atoms with E-state index < -0.39 is 0 Å². The molecule has 2 bridgehead atoms. The van der Waals surface area contributed by atoms with Crippen molar-refractivity contribution in [3.05, 3.63) is 24.3 Å². The summed E-state index contributed by atoms with van der Waals surface area (Å²) in [6, 6.07) is 2.47. The first-order valence-electron chi connectivity index (χ1n) is 6.89. The van der Waals surface area contributed by atoms with E-state index >= 15 is 0 Å². The van der Waals surface area contributed by atoms with Crippen molar-refractivity contribution in [1.29, 1.82) is 0 Å². The minimum absolute atomic E-state index is 0.352. The van der Waals surface area contributed by atoms with Gasteiger partial charge in [0.1, 0.15) is 11.3 Å². The Hall–Kier alpha value is -1.13. The summed E-state index contributed by atoms with van der Waals surface area (Å²) in [6.07, 6.45) is 8.73. The second-order valence-corrected chi connectivity index (χ2v) is 5.76. The van der Waals surface area contributed by atoms with Gasteiger partial charge in [0.2, 0.25) is 0 Å². The summed E-state index contributed by atoms with van der Waals surface area (Å²) in [4.78, 5) is 8.85. The van der Waals surface area contributed by atoms with E-state index in [-0.39, 0.29) is 0 Å². The molecule has 0 N–H and O–H groups in total. The van der Waals surface area contributed by atoms with Crippen LogP contribution >= 0.6 is 11.6 Å². The van der Waals surface area contributed by atoms with Crippen LogP contribution in [0.4, 0.5) is 0 Å². The first-order valence-corrected chi connectivity index (χ1v) is 7.42. The van der Waals surface area contributed by atoms with Crippen LogP contribution in [0.5, 0.6) is 0 Å². The maximum atomic E-state index is 5.99. The van der Waals surface area contributed by atoms with E-state index in [9.17, 15) is 0 Å². The molecule has 2 aromatic rings. The van der Waals surface area contributed by atoms with Crippen molar-refractivity contribution >= 4 is 22.6 Å². The number of imidazole rings is 1. The van der Waals surface area contributed by atoms with E-state index in [4.69, 9.17) is 21.3 Å². The molecular weight excluding hydrogens is 262 g/mol. The molecule has 0 aliphatic carbocycles. The molecule has 5 heteroatoms. The summed E-state index contributed by atoms with van der Waals surface area (Å²) in [6.45, 7) is 0. The molecule has 19 heavy (non-hydrogen) atoms. The maximum absolute atomic E-state index is 5.99. The van der Waals surface area contributed by atoms with E-state index in [0.29, 0.717) is 24.1 Å². The molecule has 2 saturated heterocycles. The van der Waals surface area contributed by atoms with Gasteiger partial charge in [0, 0.05) is 18.5 Å². The summed E-state index contributed by atoms with van der Waals surface area (Å²) in [5.41, 5.74) is 2.13. The fraction of sp³-hybridized carbons (Fsp3) is 0.571. The maximum Gasteiger partial charge on any atom is 0.111 e. The predicted molar refractivity (Wildman–Crippen MR) is 73.5 cm³/mol. The zero-order valence-electron chi connectivity index (χ0n) is 10.6. The fourth-order valence-corrected chi connectivity index (χ4v) is 3.68. The number of alkyl halides is 1. The second kappa shape index (κ2) is 4.46. The van der Waals surface area contributed by atoms with E-state index in [1.807, 2.05) is 18.5 Å². The third-order valence-corrected chi connectivity index (χ3v) is 4.48. The number of aryl methyl sites for hydroxylation is 1. The number of pyridine rings is 1. The van der Waals surface area contributed by atoms with Crippen molar-refractivity contribution in [3.63, 3.8) is 0 Å². The number of fused-ring (bicyclic) bond motifs is 3. The first kappa shape index (κ1) is 11.7. The van der Waals surface area contributed by atoms with E-state index in [2.05, 4.69) is 9.55 Å². The zero-order chi connectivity index (χ0) is 12.8. The van der Waals surface area contributed by atoms with Crippen molar-refractivity contribution in [3.8, 4) is 0 Å². The molecule has 2 aliphatic heterocycles. The lowest BCUT2D eigenvalue weighted by atomic mass is 9.95. The van der Waals surface area contributed by atoms with Crippen LogP contribution in [0.2, 0.25) is 0 Å². The van der Waals surface area contributed by atoms with Crippen LogP contribution in [0.3, 0.4) is 0 Å². The molecule has 0 amide bonds. The van der Waals surface area contributed by atoms with E-state index in [0.717, 1.165) is 29.7 Å². The molecule has 2 aromatic heterocycles. The summed E-state index contributed by atoms with van der Waals surface area (Å²) < 4.78 is 8.34. The summed E-state index contributed by atoms with van der Waals surface area (Å²) >= 11 is 5.92. The van der Waals surface area contributed by atoms with Crippen molar-refractivity contribution in [2.45, 2.75) is 43.9 Å². The SMILES string of the molecule is ClCCc1nc2cnccc2n1C1CC2CCC1O2. The Balaban J connectivity index is 1.84. The monoisotopic (exact) mass is 277 g/mol. The average molecular weight is 278 g/mol. The number of halogens is 1. The zero-order valence-corrected chi connectivity index (χ0v) is 11.4. The van der Waals surface area contributed by atoms with Crippen LogP contribution in [0.15, 0.2) is 18.5 Å². The molecule has 3 unspecified atom stereocenters. The quantitative estimate of drug-likeness (QED) is 0.810. The molecule has 3 atom stereocenters. The highest BCUT2D eigenvalue weighted by Gasteiger charge is 2.42. The van der Waals surface area contributed by atoms with Crippen molar-refractivity contribution in [1.82, 2.24) is 14.5 Å². The van der Waals surface area contributed by atoms with Crippen LogP contribution in [-0.2, 0) is 11.2 Å². The first-order chi connectivity index (χ1) is 9.36. The fourth-order valence-electron chi connectivity index (χ4n) is 3.51. The Bertz CT molecular complexity index is 612. The second-order valence-electron chi connectivity index (χ2n) is 5.38. The van der Waals surface area contributed by atoms with Crippen LogP contribution in [-0.4, -0.2) is 32.6 Å². The average Bonchev–Trinajstić information content (AvgIpc) is 3.11. The Morgan fingerprint density at radius 3 is 3.11 bits per heavy atom. The Morgan fingerprint density at radius 2 is 2.37 bits per heavy atom. The molecular formula is C14H16ClN3O. The van der Waals surface area contributed by atoms with Gasteiger partial charge in [0.05, 0.1) is 30.0 Å². The molecule has 0 spiro atoms. The van der Waals surface area contributed by atoms with Crippen LogP contribution in [0, 0.1) is 0 Å². The van der Waals surface area contributed by atoms with Gasteiger partial charge in [0.25, 0.3) is 0 Å². The topological polar surface area (TPSA) is 39.9 Å². The predicted octanol–water partition coefficient (Wildman–Crippen LogP) is 2.71. The third kappa shape index (κ3) is 1.77. The highest BCUT2D eigenvalue weighted by molar-refractivity contribution is 6.17.